The van der Waals surface area contributed by atoms with E-state index >= 15 is 0 Å². The maximum atomic E-state index is 4.71. The Morgan fingerprint density at radius 1 is 1.33 bits per heavy atom. The minimum absolute atomic E-state index is 0.730. The van der Waals surface area contributed by atoms with Crippen LogP contribution in [0.4, 0.5) is 0 Å². The fraction of sp³-hybridized carbons (Fsp3) is 0.429. The van der Waals surface area contributed by atoms with Crippen molar-refractivity contribution in [3.8, 4) is 11.4 Å². The summed E-state index contributed by atoms with van der Waals surface area (Å²) >= 11 is 0. The number of H-pyrrole nitrogens is 1. The highest BCUT2D eigenvalue weighted by Gasteiger charge is 2.15. The van der Waals surface area contributed by atoms with Gasteiger partial charge >= 0.3 is 0 Å². The van der Waals surface area contributed by atoms with E-state index in [1.54, 1.807) is 0 Å². The van der Waals surface area contributed by atoms with Gasteiger partial charge < -0.3 is 5.32 Å². The van der Waals surface area contributed by atoms with Crippen LogP contribution in [0.5, 0.6) is 0 Å². The van der Waals surface area contributed by atoms with Crippen molar-refractivity contribution in [1.82, 2.24) is 20.5 Å². The summed E-state index contributed by atoms with van der Waals surface area (Å²) in [6.07, 6.45) is 2.32. The smallest absolute Gasteiger partial charge is 0.111 e. The van der Waals surface area contributed by atoms with Crippen LogP contribution in [0.15, 0.2) is 24.3 Å². The zero-order valence-corrected chi connectivity index (χ0v) is 10.6. The Hall–Kier alpha value is -1.68. The van der Waals surface area contributed by atoms with Gasteiger partial charge in [0.1, 0.15) is 5.69 Å². The first-order valence-corrected chi connectivity index (χ1v) is 6.50. The second-order valence-electron chi connectivity index (χ2n) is 5.01. The van der Waals surface area contributed by atoms with Gasteiger partial charge in [-0.2, -0.15) is 5.10 Å². The Kier molecular flexibility index (Phi) is 3.11. The molecule has 94 valence electrons. The Morgan fingerprint density at radius 3 is 3.00 bits per heavy atom. The van der Waals surface area contributed by atoms with Crippen LogP contribution in [0.1, 0.15) is 17.8 Å². The molecule has 1 aliphatic rings. The number of rotatable bonds is 3. The molecule has 0 aromatic carbocycles. The Labute approximate surface area is 107 Å². The van der Waals surface area contributed by atoms with Crippen LogP contribution in [0.3, 0.4) is 0 Å². The standard InChI is InChI=1S/C14H18N4/c1-10-7-14(18-17-10)13-4-2-3-12(16-13)8-11-5-6-15-9-11/h2-4,7,11,15H,5-6,8-9H2,1H3,(H,17,18)/t11-/m0/s1. The van der Waals surface area contributed by atoms with Gasteiger partial charge in [-0.1, -0.05) is 6.07 Å². The number of aryl methyl sites for hydroxylation is 1. The highest BCUT2D eigenvalue weighted by molar-refractivity contribution is 5.54. The van der Waals surface area contributed by atoms with Crippen molar-refractivity contribution in [3.63, 3.8) is 0 Å². The summed E-state index contributed by atoms with van der Waals surface area (Å²) in [5.74, 6) is 0.730. The quantitative estimate of drug-likeness (QED) is 0.864. The van der Waals surface area contributed by atoms with Gasteiger partial charge in [-0.25, -0.2) is 0 Å². The van der Waals surface area contributed by atoms with Gasteiger partial charge in [-0.3, -0.25) is 10.1 Å². The zero-order chi connectivity index (χ0) is 12.4. The van der Waals surface area contributed by atoms with Gasteiger partial charge in [-0.15, -0.1) is 0 Å². The van der Waals surface area contributed by atoms with Gasteiger partial charge in [0.25, 0.3) is 0 Å². The molecule has 4 heteroatoms. The van der Waals surface area contributed by atoms with E-state index in [1.165, 1.54) is 12.1 Å². The van der Waals surface area contributed by atoms with Crippen molar-refractivity contribution in [1.29, 1.82) is 0 Å². The van der Waals surface area contributed by atoms with Crippen LogP contribution < -0.4 is 5.32 Å². The van der Waals surface area contributed by atoms with Gasteiger partial charge in [0.15, 0.2) is 0 Å². The monoisotopic (exact) mass is 242 g/mol. The lowest BCUT2D eigenvalue weighted by Crippen LogP contribution is -2.11. The number of nitrogens with one attached hydrogen (secondary N) is 2. The molecule has 3 heterocycles. The molecule has 1 atom stereocenters. The zero-order valence-electron chi connectivity index (χ0n) is 10.6. The third-order valence-corrected chi connectivity index (χ3v) is 3.44. The first-order chi connectivity index (χ1) is 8.81. The van der Waals surface area contributed by atoms with Crippen molar-refractivity contribution >= 4 is 0 Å². The van der Waals surface area contributed by atoms with Crippen molar-refractivity contribution in [3.05, 3.63) is 35.7 Å². The average molecular weight is 242 g/mol. The minimum Gasteiger partial charge on any atom is -0.316 e. The first kappa shape index (κ1) is 11.4. The van der Waals surface area contributed by atoms with E-state index in [-0.39, 0.29) is 0 Å². The van der Waals surface area contributed by atoms with E-state index in [0.29, 0.717) is 0 Å². The van der Waals surface area contributed by atoms with Crippen LogP contribution in [-0.4, -0.2) is 28.3 Å². The lowest BCUT2D eigenvalue weighted by molar-refractivity contribution is 0.572. The molecule has 1 saturated heterocycles. The maximum absolute atomic E-state index is 4.71. The molecule has 0 aliphatic carbocycles. The number of pyridine rings is 1. The van der Waals surface area contributed by atoms with E-state index in [0.717, 1.165) is 42.5 Å². The third kappa shape index (κ3) is 2.43. The summed E-state index contributed by atoms with van der Waals surface area (Å²) < 4.78 is 0. The largest absolute Gasteiger partial charge is 0.316 e. The van der Waals surface area contributed by atoms with E-state index in [9.17, 15) is 0 Å². The molecule has 0 unspecified atom stereocenters. The maximum Gasteiger partial charge on any atom is 0.111 e. The highest BCUT2D eigenvalue weighted by atomic mass is 15.1. The normalized spacial score (nSPS) is 19.3. The summed E-state index contributed by atoms with van der Waals surface area (Å²) in [4.78, 5) is 4.71. The van der Waals surface area contributed by atoms with Crippen LogP contribution in [0.25, 0.3) is 11.4 Å². The molecule has 2 aromatic rings. The second-order valence-corrected chi connectivity index (χ2v) is 5.01. The SMILES string of the molecule is Cc1cc(-c2cccc(C[C@@H]3CCNC3)n2)n[nH]1. The molecule has 1 fully saturated rings. The van der Waals surface area contributed by atoms with Crippen LogP contribution in [0.2, 0.25) is 0 Å². The lowest BCUT2D eigenvalue weighted by Gasteiger charge is -2.08. The van der Waals surface area contributed by atoms with E-state index in [2.05, 4.69) is 27.6 Å². The predicted molar refractivity (Wildman–Crippen MR) is 71.2 cm³/mol. The second kappa shape index (κ2) is 4.90. The highest BCUT2D eigenvalue weighted by Crippen LogP contribution is 2.18. The molecule has 0 bridgehead atoms. The molecule has 18 heavy (non-hydrogen) atoms. The van der Waals surface area contributed by atoms with Crippen LogP contribution in [-0.2, 0) is 6.42 Å². The van der Waals surface area contributed by atoms with Gasteiger partial charge in [0.05, 0.1) is 5.69 Å². The van der Waals surface area contributed by atoms with Crippen LogP contribution in [0, 0.1) is 12.8 Å². The van der Waals surface area contributed by atoms with E-state index in [1.807, 2.05) is 19.1 Å². The molecule has 1 aliphatic heterocycles. The summed E-state index contributed by atoms with van der Waals surface area (Å²) in [6.45, 7) is 4.26. The molecule has 0 radical (unpaired) electrons. The molecule has 2 aromatic heterocycles. The number of aromatic nitrogens is 3. The lowest BCUT2D eigenvalue weighted by atomic mass is 10.0. The number of nitrogens with zero attached hydrogens (tertiary/aromatic N) is 2. The summed E-state index contributed by atoms with van der Waals surface area (Å²) in [5.41, 5.74) is 4.13. The van der Waals surface area contributed by atoms with Crippen molar-refractivity contribution in [2.24, 2.45) is 5.92 Å². The van der Waals surface area contributed by atoms with Gasteiger partial charge in [0.2, 0.25) is 0 Å². The van der Waals surface area contributed by atoms with Crippen molar-refractivity contribution < 1.29 is 0 Å². The number of aromatic amines is 1. The molecular weight excluding hydrogens is 224 g/mol. The van der Waals surface area contributed by atoms with E-state index < -0.39 is 0 Å². The average Bonchev–Trinajstić information content (AvgIpc) is 3.01. The third-order valence-electron chi connectivity index (χ3n) is 3.44. The Balaban J connectivity index is 1.80. The molecular formula is C14H18N4. The molecule has 4 nitrogen and oxygen atoms in total. The molecule has 3 rings (SSSR count). The van der Waals surface area contributed by atoms with Gasteiger partial charge in [0, 0.05) is 11.4 Å². The summed E-state index contributed by atoms with van der Waals surface area (Å²) in [6, 6.07) is 8.24. The summed E-state index contributed by atoms with van der Waals surface area (Å²) in [7, 11) is 0. The molecule has 0 saturated carbocycles. The topological polar surface area (TPSA) is 53.6 Å². The van der Waals surface area contributed by atoms with Crippen molar-refractivity contribution in [2.45, 2.75) is 19.8 Å². The van der Waals surface area contributed by atoms with Crippen molar-refractivity contribution in [2.75, 3.05) is 13.1 Å². The molecule has 2 N–H and O–H groups in total. The number of hydrogen-bond donors (Lipinski definition) is 2. The van der Waals surface area contributed by atoms with Crippen LogP contribution >= 0.6 is 0 Å². The minimum atomic E-state index is 0.730. The first-order valence-electron chi connectivity index (χ1n) is 6.50. The molecule has 0 amide bonds. The summed E-state index contributed by atoms with van der Waals surface area (Å²) in [5, 5.41) is 10.6. The Bertz CT molecular complexity index is 526. The molecule has 0 spiro atoms. The Morgan fingerprint density at radius 2 is 2.28 bits per heavy atom. The fourth-order valence-corrected chi connectivity index (χ4v) is 2.47. The fourth-order valence-electron chi connectivity index (χ4n) is 2.47. The predicted octanol–water partition coefficient (Wildman–Crippen LogP) is 1.93. The van der Waals surface area contributed by atoms with Gasteiger partial charge in [-0.05, 0) is 57.0 Å². The van der Waals surface area contributed by atoms with E-state index in [4.69, 9.17) is 4.98 Å². The number of hydrogen-bond acceptors (Lipinski definition) is 3.